The number of hydrogen-bond donors (Lipinski definition) is 1. The SMILES string of the molecule is CCC(c1ccc(F)c(CO)c1)c1ccc2c(nnn2C)c1C. The lowest BCUT2D eigenvalue weighted by Gasteiger charge is -2.19. The first-order chi connectivity index (χ1) is 11.1. The molecule has 4 nitrogen and oxygen atoms in total. The maximum atomic E-state index is 13.6. The summed E-state index contributed by atoms with van der Waals surface area (Å²) in [5.74, 6) is -0.237. The van der Waals surface area contributed by atoms with Crippen molar-refractivity contribution < 1.29 is 9.50 Å². The summed E-state index contributed by atoms with van der Waals surface area (Å²) in [5.41, 5.74) is 5.49. The summed E-state index contributed by atoms with van der Waals surface area (Å²) in [6.45, 7) is 3.86. The summed E-state index contributed by atoms with van der Waals surface area (Å²) < 4.78 is 15.4. The van der Waals surface area contributed by atoms with Crippen LogP contribution in [0.4, 0.5) is 4.39 Å². The second-order valence-electron chi connectivity index (χ2n) is 5.83. The first-order valence-electron chi connectivity index (χ1n) is 7.74. The van der Waals surface area contributed by atoms with Gasteiger partial charge in [-0.2, -0.15) is 0 Å². The van der Waals surface area contributed by atoms with Crippen molar-refractivity contribution in [1.29, 1.82) is 0 Å². The van der Waals surface area contributed by atoms with Crippen LogP contribution in [0.5, 0.6) is 0 Å². The van der Waals surface area contributed by atoms with Crippen LogP contribution in [0.2, 0.25) is 0 Å². The van der Waals surface area contributed by atoms with Gasteiger partial charge in [0.05, 0.1) is 12.1 Å². The van der Waals surface area contributed by atoms with Crippen molar-refractivity contribution in [2.45, 2.75) is 32.8 Å². The molecule has 1 heterocycles. The van der Waals surface area contributed by atoms with E-state index in [1.54, 1.807) is 16.8 Å². The van der Waals surface area contributed by atoms with Gasteiger partial charge in [0, 0.05) is 18.5 Å². The molecule has 1 atom stereocenters. The lowest BCUT2D eigenvalue weighted by atomic mass is 9.85. The molecule has 3 aromatic rings. The molecule has 3 rings (SSSR count). The number of aromatic nitrogens is 3. The van der Waals surface area contributed by atoms with E-state index in [4.69, 9.17) is 0 Å². The van der Waals surface area contributed by atoms with Crippen molar-refractivity contribution in [3.63, 3.8) is 0 Å². The maximum Gasteiger partial charge on any atom is 0.128 e. The molecule has 1 N–H and O–H groups in total. The molecule has 0 fully saturated rings. The molecule has 0 saturated carbocycles. The van der Waals surface area contributed by atoms with Crippen molar-refractivity contribution in [3.05, 3.63) is 58.4 Å². The number of halogens is 1. The lowest BCUT2D eigenvalue weighted by Crippen LogP contribution is -2.04. The summed E-state index contributed by atoms with van der Waals surface area (Å²) in [4.78, 5) is 0. The van der Waals surface area contributed by atoms with Gasteiger partial charge in [0.2, 0.25) is 0 Å². The zero-order valence-corrected chi connectivity index (χ0v) is 13.5. The van der Waals surface area contributed by atoms with E-state index in [0.29, 0.717) is 5.56 Å². The second kappa shape index (κ2) is 6.08. The van der Waals surface area contributed by atoms with Gasteiger partial charge in [-0.05, 0) is 48.2 Å². The molecule has 0 bridgehead atoms. The summed E-state index contributed by atoms with van der Waals surface area (Å²) in [6, 6.07) is 9.10. The predicted molar refractivity (Wildman–Crippen MR) is 87.7 cm³/mol. The van der Waals surface area contributed by atoms with Crippen LogP contribution >= 0.6 is 0 Å². The average molecular weight is 313 g/mol. The third kappa shape index (κ3) is 2.61. The van der Waals surface area contributed by atoms with Gasteiger partial charge >= 0.3 is 0 Å². The molecular weight excluding hydrogens is 293 g/mol. The fourth-order valence-electron chi connectivity index (χ4n) is 3.19. The highest BCUT2D eigenvalue weighted by Gasteiger charge is 2.18. The van der Waals surface area contributed by atoms with Crippen LogP contribution < -0.4 is 0 Å². The van der Waals surface area contributed by atoms with Gasteiger partial charge < -0.3 is 5.11 Å². The molecule has 0 aliphatic rings. The zero-order valence-electron chi connectivity index (χ0n) is 13.5. The number of aliphatic hydroxyl groups excluding tert-OH is 1. The van der Waals surface area contributed by atoms with Gasteiger partial charge in [-0.3, -0.25) is 0 Å². The zero-order chi connectivity index (χ0) is 16.6. The number of nitrogens with zero attached hydrogens (tertiary/aromatic N) is 3. The molecule has 0 saturated heterocycles. The molecular formula is C18H20FN3O. The highest BCUT2D eigenvalue weighted by atomic mass is 19.1. The van der Waals surface area contributed by atoms with E-state index in [0.717, 1.165) is 34.1 Å². The van der Waals surface area contributed by atoms with Crippen LogP contribution in [-0.2, 0) is 13.7 Å². The Hall–Kier alpha value is -2.27. The Balaban J connectivity index is 2.12. The van der Waals surface area contributed by atoms with Gasteiger partial charge in [0.15, 0.2) is 0 Å². The van der Waals surface area contributed by atoms with Crippen LogP contribution in [0, 0.1) is 12.7 Å². The number of aryl methyl sites for hydroxylation is 2. The Bertz CT molecular complexity index is 857. The van der Waals surface area contributed by atoms with E-state index < -0.39 is 0 Å². The third-order valence-electron chi connectivity index (χ3n) is 4.51. The first-order valence-corrected chi connectivity index (χ1v) is 7.74. The fraction of sp³-hybridized carbons (Fsp3) is 0.333. The Labute approximate surface area is 134 Å². The average Bonchev–Trinajstić information content (AvgIpc) is 2.93. The molecule has 2 aromatic carbocycles. The number of hydrogen-bond acceptors (Lipinski definition) is 3. The summed E-state index contributed by atoms with van der Waals surface area (Å²) in [7, 11) is 1.87. The predicted octanol–water partition coefficient (Wildman–Crippen LogP) is 3.45. The number of aliphatic hydroxyl groups is 1. The van der Waals surface area contributed by atoms with Crippen molar-refractivity contribution in [1.82, 2.24) is 15.0 Å². The molecule has 1 aromatic heterocycles. The van der Waals surface area contributed by atoms with Crippen LogP contribution in [0.25, 0.3) is 11.0 Å². The molecule has 0 radical (unpaired) electrons. The monoisotopic (exact) mass is 313 g/mol. The van der Waals surface area contributed by atoms with Gasteiger partial charge in [-0.15, -0.1) is 5.10 Å². The standard InChI is InChI=1S/C18H20FN3O/c1-4-14(12-5-7-16(19)13(9-12)10-23)15-6-8-17-18(11(15)2)20-21-22(17)3/h5-9,14,23H,4,10H2,1-3H3. The minimum absolute atomic E-state index is 0.132. The Morgan fingerprint density at radius 1 is 1.26 bits per heavy atom. The van der Waals surface area contributed by atoms with E-state index >= 15 is 0 Å². The van der Waals surface area contributed by atoms with Crippen molar-refractivity contribution in [2.75, 3.05) is 0 Å². The molecule has 0 aliphatic heterocycles. The maximum absolute atomic E-state index is 13.6. The van der Waals surface area contributed by atoms with Crippen LogP contribution in [0.3, 0.4) is 0 Å². The van der Waals surface area contributed by atoms with Crippen molar-refractivity contribution in [3.8, 4) is 0 Å². The minimum Gasteiger partial charge on any atom is -0.392 e. The smallest absolute Gasteiger partial charge is 0.128 e. The topological polar surface area (TPSA) is 50.9 Å². The van der Waals surface area contributed by atoms with Gasteiger partial charge in [-0.25, -0.2) is 9.07 Å². The van der Waals surface area contributed by atoms with Crippen molar-refractivity contribution in [2.24, 2.45) is 7.05 Å². The second-order valence-corrected chi connectivity index (χ2v) is 5.83. The first kappa shape index (κ1) is 15.6. The minimum atomic E-state index is -0.368. The number of fused-ring (bicyclic) bond motifs is 1. The van der Waals surface area contributed by atoms with Gasteiger partial charge in [0.1, 0.15) is 11.3 Å². The normalized spacial score (nSPS) is 12.7. The molecule has 0 amide bonds. The van der Waals surface area contributed by atoms with Crippen molar-refractivity contribution >= 4 is 11.0 Å². The quantitative estimate of drug-likeness (QED) is 0.802. The molecule has 0 aliphatic carbocycles. The largest absolute Gasteiger partial charge is 0.392 e. The highest BCUT2D eigenvalue weighted by Crippen LogP contribution is 2.33. The van der Waals surface area contributed by atoms with Gasteiger partial charge in [0.25, 0.3) is 0 Å². The molecule has 0 spiro atoms. The van der Waals surface area contributed by atoms with E-state index in [2.05, 4.69) is 23.3 Å². The highest BCUT2D eigenvalue weighted by molar-refractivity contribution is 5.79. The van der Waals surface area contributed by atoms with E-state index in [-0.39, 0.29) is 18.3 Å². The molecule has 120 valence electrons. The molecule has 1 unspecified atom stereocenters. The summed E-state index contributed by atoms with van der Waals surface area (Å²) in [6.07, 6.45) is 0.878. The van der Waals surface area contributed by atoms with Crippen LogP contribution in [0.1, 0.15) is 41.5 Å². The van der Waals surface area contributed by atoms with E-state index in [1.807, 2.05) is 20.0 Å². The van der Waals surface area contributed by atoms with Crippen LogP contribution in [-0.4, -0.2) is 20.1 Å². The summed E-state index contributed by atoms with van der Waals surface area (Å²) >= 11 is 0. The van der Waals surface area contributed by atoms with E-state index in [9.17, 15) is 9.50 Å². The Morgan fingerprint density at radius 3 is 2.74 bits per heavy atom. The molecule has 5 heteroatoms. The number of benzene rings is 2. The molecule has 23 heavy (non-hydrogen) atoms. The van der Waals surface area contributed by atoms with Gasteiger partial charge in [-0.1, -0.05) is 24.3 Å². The van der Waals surface area contributed by atoms with E-state index in [1.165, 1.54) is 6.07 Å². The number of rotatable bonds is 4. The van der Waals surface area contributed by atoms with Crippen LogP contribution in [0.15, 0.2) is 30.3 Å². The summed E-state index contributed by atoms with van der Waals surface area (Å²) in [5, 5.41) is 17.6. The Kier molecular flexibility index (Phi) is 4.13. The third-order valence-corrected chi connectivity index (χ3v) is 4.51. The fourth-order valence-corrected chi connectivity index (χ4v) is 3.19. The lowest BCUT2D eigenvalue weighted by molar-refractivity contribution is 0.275. The Morgan fingerprint density at radius 2 is 2.04 bits per heavy atom.